The lowest BCUT2D eigenvalue weighted by Gasteiger charge is -2.31. The van der Waals surface area contributed by atoms with Crippen molar-refractivity contribution in [3.05, 3.63) is 24.3 Å². The Hall–Kier alpha value is -3.10. The smallest absolute Gasteiger partial charge is 0.326 e. The fourth-order valence-electron chi connectivity index (χ4n) is 4.31. The summed E-state index contributed by atoms with van der Waals surface area (Å²) in [7, 11) is 1.56. The van der Waals surface area contributed by atoms with E-state index in [4.69, 9.17) is 4.74 Å². The number of anilines is 1. The van der Waals surface area contributed by atoms with Crippen molar-refractivity contribution >= 4 is 29.4 Å². The molecule has 174 valence electrons. The molecule has 0 saturated carbocycles. The van der Waals surface area contributed by atoms with E-state index >= 15 is 0 Å². The van der Waals surface area contributed by atoms with Crippen molar-refractivity contribution in [2.24, 2.45) is 11.8 Å². The van der Waals surface area contributed by atoms with Crippen molar-refractivity contribution in [2.75, 3.05) is 25.1 Å². The van der Waals surface area contributed by atoms with E-state index in [1.165, 1.54) is 4.90 Å². The van der Waals surface area contributed by atoms with Crippen LogP contribution in [0.2, 0.25) is 0 Å². The van der Waals surface area contributed by atoms with Crippen LogP contribution in [0.25, 0.3) is 0 Å². The highest BCUT2D eigenvalue weighted by Gasteiger charge is 2.41. The summed E-state index contributed by atoms with van der Waals surface area (Å²) in [6, 6.07) is 5.36. The molecule has 3 amide bonds. The van der Waals surface area contributed by atoms with Crippen molar-refractivity contribution < 1.29 is 29.0 Å². The maximum absolute atomic E-state index is 13.2. The molecule has 0 aromatic heterocycles. The topological polar surface area (TPSA) is 116 Å². The van der Waals surface area contributed by atoms with Gasteiger partial charge >= 0.3 is 5.97 Å². The average Bonchev–Trinajstić information content (AvgIpc) is 3.43. The summed E-state index contributed by atoms with van der Waals surface area (Å²) in [6.45, 7) is 4.37. The highest BCUT2D eigenvalue weighted by Crippen LogP contribution is 2.28. The first-order valence-electron chi connectivity index (χ1n) is 11.0. The van der Waals surface area contributed by atoms with Gasteiger partial charge in [-0.2, -0.15) is 0 Å². The highest BCUT2D eigenvalue weighted by molar-refractivity contribution is 6.01. The number of nitrogens with zero attached hydrogens (tertiary/aromatic N) is 2. The molecule has 4 atom stereocenters. The molecule has 0 unspecified atom stereocenters. The molecule has 0 bridgehead atoms. The number of likely N-dealkylation sites (tertiary alicyclic amines) is 1. The Labute approximate surface area is 187 Å². The first kappa shape index (κ1) is 23.6. The van der Waals surface area contributed by atoms with E-state index in [0.717, 1.165) is 0 Å². The lowest BCUT2D eigenvalue weighted by molar-refractivity contribution is -0.150. The SMILES string of the molecule is CC[C@H](C)[C@H](NC(=O)[C@H]1CC(=O)N(c2ccc(OC)cc2)C1)C(=O)N1CCC[C@H]1C(=O)O. The summed E-state index contributed by atoms with van der Waals surface area (Å²) < 4.78 is 5.14. The first-order chi connectivity index (χ1) is 15.3. The predicted molar refractivity (Wildman–Crippen MR) is 117 cm³/mol. The van der Waals surface area contributed by atoms with Crippen molar-refractivity contribution in [3.8, 4) is 5.75 Å². The number of carbonyl (C=O) groups excluding carboxylic acids is 3. The maximum atomic E-state index is 13.2. The lowest BCUT2D eigenvalue weighted by Crippen LogP contribution is -2.55. The molecule has 2 aliphatic rings. The quantitative estimate of drug-likeness (QED) is 0.629. The van der Waals surface area contributed by atoms with E-state index in [0.29, 0.717) is 37.2 Å². The second kappa shape index (κ2) is 10.0. The predicted octanol–water partition coefficient (Wildman–Crippen LogP) is 1.65. The molecule has 0 spiro atoms. The number of carbonyl (C=O) groups is 4. The minimum atomic E-state index is -1.03. The number of carboxylic acid groups (broad SMARTS) is 1. The Kier molecular flexibility index (Phi) is 7.37. The molecule has 9 nitrogen and oxygen atoms in total. The largest absolute Gasteiger partial charge is 0.497 e. The van der Waals surface area contributed by atoms with Crippen LogP contribution in [0.1, 0.15) is 39.5 Å². The van der Waals surface area contributed by atoms with Gasteiger partial charge in [-0.3, -0.25) is 14.4 Å². The summed E-state index contributed by atoms with van der Waals surface area (Å²) in [5.41, 5.74) is 0.682. The third-order valence-corrected chi connectivity index (χ3v) is 6.48. The summed E-state index contributed by atoms with van der Waals surface area (Å²) in [6.07, 6.45) is 1.73. The van der Waals surface area contributed by atoms with Gasteiger partial charge in [0.05, 0.1) is 13.0 Å². The standard InChI is InChI=1S/C23H31N3O6/c1-4-14(2)20(22(29)25-11-5-6-18(25)23(30)31)24-21(28)15-12-19(27)26(13-15)16-7-9-17(32-3)10-8-16/h7-10,14-15,18,20H,4-6,11-13H2,1-3H3,(H,24,28)(H,30,31)/t14-,15-,18-,20-/m0/s1. The number of carboxylic acids is 1. The molecular formula is C23H31N3O6. The Balaban J connectivity index is 1.70. The van der Waals surface area contributed by atoms with Gasteiger partial charge in [0, 0.05) is 25.2 Å². The van der Waals surface area contributed by atoms with Crippen molar-refractivity contribution in [1.29, 1.82) is 0 Å². The number of methoxy groups -OCH3 is 1. The van der Waals surface area contributed by atoms with E-state index < -0.39 is 24.0 Å². The Morgan fingerprint density at radius 2 is 1.94 bits per heavy atom. The number of aliphatic carboxylic acids is 1. The number of rotatable bonds is 8. The molecule has 9 heteroatoms. The third kappa shape index (κ3) is 4.87. The zero-order chi connectivity index (χ0) is 23.4. The van der Waals surface area contributed by atoms with Crippen LogP contribution < -0.4 is 15.0 Å². The van der Waals surface area contributed by atoms with Gasteiger partial charge in [-0.1, -0.05) is 20.3 Å². The van der Waals surface area contributed by atoms with Gasteiger partial charge in [-0.15, -0.1) is 0 Å². The molecule has 2 fully saturated rings. The molecular weight excluding hydrogens is 414 g/mol. The number of hydrogen-bond donors (Lipinski definition) is 2. The lowest BCUT2D eigenvalue weighted by atomic mass is 9.96. The zero-order valence-electron chi connectivity index (χ0n) is 18.7. The molecule has 2 N–H and O–H groups in total. The number of benzene rings is 1. The van der Waals surface area contributed by atoms with Crippen LogP contribution >= 0.6 is 0 Å². The van der Waals surface area contributed by atoms with Gasteiger partial charge in [0.2, 0.25) is 17.7 Å². The summed E-state index contributed by atoms with van der Waals surface area (Å²) in [5.74, 6) is -2.00. The first-order valence-corrected chi connectivity index (χ1v) is 11.0. The number of ether oxygens (including phenoxy) is 1. The van der Waals surface area contributed by atoms with Gasteiger partial charge in [0.1, 0.15) is 17.8 Å². The van der Waals surface area contributed by atoms with Crippen LogP contribution in [0.3, 0.4) is 0 Å². The molecule has 0 radical (unpaired) electrons. The molecule has 2 heterocycles. The van der Waals surface area contributed by atoms with Crippen LogP contribution in [-0.2, 0) is 19.2 Å². The molecule has 1 aromatic carbocycles. The number of hydrogen-bond acceptors (Lipinski definition) is 5. The van der Waals surface area contributed by atoms with Gasteiger partial charge in [0.25, 0.3) is 0 Å². The van der Waals surface area contributed by atoms with Gasteiger partial charge in [0.15, 0.2) is 0 Å². The van der Waals surface area contributed by atoms with Gasteiger partial charge < -0.3 is 25.0 Å². The molecule has 2 aliphatic heterocycles. The van der Waals surface area contributed by atoms with Crippen LogP contribution in [0, 0.1) is 11.8 Å². The van der Waals surface area contributed by atoms with Crippen LogP contribution in [-0.4, -0.2) is 66.0 Å². The van der Waals surface area contributed by atoms with Crippen molar-refractivity contribution in [3.63, 3.8) is 0 Å². The molecule has 32 heavy (non-hydrogen) atoms. The Bertz CT molecular complexity index is 871. The minimum absolute atomic E-state index is 0.0563. The maximum Gasteiger partial charge on any atom is 0.326 e. The van der Waals surface area contributed by atoms with Gasteiger partial charge in [-0.05, 0) is 43.0 Å². The Morgan fingerprint density at radius 3 is 2.53 bits per heavy atom. The summed E-state index contributed by atoms with van der Waals surface area (Å²) in [5, 5.41) is 12.3. The molecule has 0 aliphatic carbocycles. The third-order valence-electron chi connectivity index (χ3n) is 6.48. The van der Waals surface area contributed by atoms with Crippen LogP contribution in [0.5, 0.6) is 5.75 Å². The highest BCUT2D eigenvalue weighted by atomic mass is 16.5. The van der Waals surface area contributed by atoms with Crippen LogP contribution in [0.15, 0.2) is 24.3 Å². The molecule has 1 aromatic rings. The van der Waals surface area contributed by atoms with Crippen LogP contribution in [0.4, 0.5) is 5.69 Å². The fraction of sp³-hybridized carbons (Fsp3) is 0.565. The summed E-state index contributed by atoms with van der Waals surface area (Å²) in [4.78, 5) is 53.2. The monoisotopic (exact) mass is 445 g/mol. The fourth-order valence-corrected chi connectivity index (χ4v) is 4.31. The van der Waals surface area contributed by atoms with E-state index in [9.17, 15) is 24.3 Å². The average molecular weight is 446 g/mol. The zero-order valence-corrected chi connectivity index (χ0v) is 18.7. The number of amides is 3. The van der Waals surface area contributed by atoms with E-state index in [2.05, 4.69) is 5.32 Å². The Morgan fingerprint density at radius 1 is 1.25 bits per heavy atom. The minimum Gasteiger partial charge on any atom is -0.497 e. The van der Waals surface area contributed by atoms with Crippen molar-refractivity contribution in [2.45, 2.75) is 51.6 Å². The van der Waals surface area contributed by atoms with E-state index in [1.54, 1.807) is 36.3 Å². The van der Waals surface area contributed by atoms with Gasteiger partial charge in [-0.25, -0.2) is 4.79 Å². The summed E-state index contributed by atoms with van der Waals surface area (Å²) >= 11 is 0. The van der Waals surface area contributed by atoms with E-state index in [-0.39, 0.29) is 36.6 Å². The second-order valence-corrected chi connectivity index (χ2v) is 8.50. The van der Waals surface area contributed by atoms with E-state index in [1.807, 2.05) is 13.8 Å². The number of nitrogens with one attached hydrogen (secondary N) is 1. The molecule has 3 rings (SSSR count). The molecule has 2 saturated heterocycles. The normalized spacial score (nSPS) is 22.5. The second-order valence-electron chi connectivity index (χ2n) is 8.50. The van der Waals surface area contributed by atoms with Crippen molar-refractivity contribution in [1.82, 2.24) is 10.2 Å².